The Morgan fingerprint density at radius 1 is 1.33 bits per heavy atom. The third kappa shape index (κ3) is 3.93. The standard InChI is InChI=1S/C20H21N3O4/c1-25-12-14-6-8-23(11-14)20(24)19-10-17(27-22-19)13-26-16-4-5-18-15(9-16)3-2-7-21-18/h2-5,7,9-10,14H,6,8,11-13H2,1H3. The third-order valence-electron chi connectivity index (χ3n) is 4.71. The summed E-state index contributed by atoms with van der Waals surface area (Å²) in [6, 6.07) is 11.2. The highest BCUT2D eigenvalue weighted by molar-refractivity contribution is 5.92. The summed E-state index contributed by atoms with van der Waals surface area (Å²) in [6.45, 7) is 2.29. The fourth-order valence-corrected chi connectivity index (χ4v) is 3.33. The summed E-state index contributed by atoms with van der Waals surface area (Å²) in [7, 11) is 1.68. The molecule has 0 aliphatic carbocycles. The first-order valence-corrected chi connectivity index (χ1v) is 8.94. The topological polar surface area (TPSA) is 77.7 Å². The Labute approximate surface area is 156 Å². The van der Waals surface area contributed by atoms with Gasteiger partial charge in [0.05, 0.1) is 12.1 Å². The normalized spacial score (nSPS) is 16.8. The van der Waals surface area contributed by atoms with Gasteiger partial charge in [0.2, 0.25) is 0 Å². The molecule has 27 heavy (non-hydrogen) atoms. The Hall–Kier alpha value is -2.93. The van der Waals surface area contributed by atoms with Gasteiger partial charge in [-0.25, -0.2) is 0 Å². The maximum absolute atomic E-state index is 12.5. The number of pyridine rings is 1. The van der Waals surface area contributed by atoms with Gasteiger partial charge in [0.1, 0.15) is 12.4 Å². The lowest BCUT2D eigenvalue weighted by atomic mass is 10.1. The van der Waals surface area contributed by atoms with Crippen LogP contribution >= 0.6 is 0 Å². The second kappa shape index (κ2) is 7.75. The van der Waals surface area contributed by atoms with E-state index in [0.29, 0.717) is 36.3 Å². The van der Waals surface area contributed by atoms with Crippen LogP contribution in [0.4, 0.5) is 0 Å². The molecule has 1 aliphatic heterocycles. The van der Waals surface area contributed by atoms with Crippen molar-refractivity contribution in [2.24, 2.45) is 5.92 Å². The molecule has 1 unspecified atom stereocenters. The van der Waals surface area contributed by atoms with Crippen LogP contribution in [0.1, 0.15) is 22.7 Å². The van der Waals surface area contributed by atoms with E-state index >= 15 is 0 Å². The first-order valence-electron chi connectivity index (χ1n) is 8.94. The summed E-state index contributed by atoms with van der Waals surface area (Å²) in [4.78, 5) is 18.6. The van der Waals surface area contributed by atoms with Crippen molar-refractivity contribution in [3.05, 3.63) is 54.0 Å². The van der Waals surface area contributed by atoms with Gasteiger partial charge in [0.25, 0.3) is 5.91 Å². The minimum absolute atomic E-state index is 0.111. The summed E-state index contributed by atoms with van der Waals surface area (Å²) in [5, 5.41) is 4.91. The van der Waals surface area contributed by atoms with E-state index < -0.39 is 0 Å². The highest BCUT2D eigenvalue weighted by Crippen LogP contribution is 2.21. The van der Waals surface area contributed by atoms with Crippen LogP contribution in [-0.4, -0.2) is 47.8 Å². The van der Waals surface area contributed by atoms with Gasteiger partial charge in [-0.2, -0.15) is 0 Å². The Bertz CT molecular complexity index is 940. The van der Waals surface area contributed by atoms with Crippen molar-refractivity contribution in [1.82, 2.24) is 15.0 Å². The summed E-state index contributed by atoms with van der Waals surface area (Å²) < 4.78 is 16.2. The maximum Gasteiger partial charge on any atom is 0.276 e. The van der Waals surface area contributed by atoms with Gasteiger partial charge in [0, 0.05) is 43.8 Å². The predicted molar refractivity (Wildman–Crippen MR) is 98.5 cm³/mol. The molecule has 7 nitrogen and oxygen atoms in total. The number of amides is 1. The smallest absolute Gasteiger partial charge is 0.276 e. The Kier molecular flexibility index (Phi) is 5.02. The molecule has 1 saturated heterocycles. The highest BCUT2D eigenvalue weighted by atomic mass is 16.5. The number of fused-ring (bicyclic) bond motifs is 1. The molecule has 0 bridgehead atoms. The number of hydrogen-bond acceptors (Lipinski definition) is 6. The molecule has 0 spiro atoms. The largest absolute Gasteiger partial charge is 0.486 e. The number of hydrogen-bond donors (Lipinski definition) is 0. The highest BCUT2D eigenvalue weighted by Gasteiger charge is 2.28. The first kappa shape index (κ1) is 17.5. The lowest BCUT2D eigenvalue weighted by Gasteiger charge is -2.14. The van der Waals surface area contributed by atoms with Crippen molar-refractivity contribution in [3.8, 4) is 5.75 Å². The van der Waals surface area contributed by atoms with Crippen LogP contribution in [0.15, 0.2) is 47.1 Å². The van der Waals surface area contributed by atoms with Crippen LogP contribution in [0.25, 0.3) is 10.9 Å². The summed E-state index contributed by atoms with van der Waals surface area (Å²) >= 11 is 0. The zero-order valence-corrected chi connectivity index (χ0v) is 15.1. The van der Waals surface area contributed by atoms with E-state index in [-0.39, 0.29) is 12.5 Å². The van der Waals surface area contributed by atoms with Crippen LogP contribution in [0.5, 0.6) is 5.75 Å². The number of rotatable bonds is 6. The van der Waals surface area contributed by atoms with E-state index in [1.807, 2.05) is 30.3 Å². The van der Waals surface area contributed by atoms with Crippen LogP contribution in [0.2, 0.25) is 0 Å². The van der Waals surface area contributed by atoms with Gasteiger partial charge in [-0.15, -0.1) is 0 Å². The zero-order chi connectivity index (χ0) is 18.6. The van der Waals surface area contributed by atoms with Gasteiger partial charge in [-0.3, -0.25) is 9.78 Å². The number of nitrogens with zero attached hydrogens (tertiary/aromatic N) is 3. The number of ether oxygens (including phenoxy) is 2. The second-order valence-electron chi connectivity index (χ2n) is 6.69. The average Bonchev–Trinajstić information content (AvgIpc) is 3.36. The SMILES string of the molecule is COCC1CCN(C(=O)c2cc(COc3ccc4ncccc4c3)on2)C1. The van der Waals surface area contributed by atoms with E-state index in [4.69, 9.17) is 14.0 Å². The molecule has 3 aromatic rings. The molecule has 2 aromatic heterocycles. The summed E-state index contributed by atoms with van der Waals surface area (Å²) in [5.41, 5.74) is 1.23. The quantitative estimate of drug-likeness (QED) is 0.667. The van der Waals surface area contributed by atoms with Gasteiger partial charge >= 0.3 is 0 Å². The maximum atomic E-state index is 12.5. The van der Waals surface area contributed by atoms with Crippen LogP contribution in [-0.2, 0) is 11.3 Å². The molecule has 1 aromatic carbocycles. The van der Waals surface area contributed by atoms with Crippen molar-refractivity contribution >= 4 is 16.8 Å². The lowest BCUT2D eigenvalue weighted by molar-refractivity contribution is 0.0765. The third-order valence-corrected chi connectivity index (χ3v) is 4.71. The van der Waals surface area contributed by atoms with Gasteiger partial charge < -0.3 is 18.9 Å². The number of carbonyl (C=O) groups is 1. The van der Waals surface area contributed by atoms with Gasteiger partial charge in [0.15, 0.2) is 11.5 Å². The molecule has 140 valence electrons. The number of likely N-dealkylation sites (tertiary alicyclic amines) is 1. The van der Waals surface area contributed by atoms with E-state index in [1.54, 1.807) is 24.3 Å². The first-order chi connectivity index (χ1) is 13.2. The van der Waals surface area contributed by atoms with E-state index in [2.05, 4.69) is 10.1 Å². The fourth-order valence-electron chi connectivity index (χ4n) is 3.33. The molecule has 1 aliphatic rings. The van der Waals surface area contributed by atoms with E-state index in [0.717, 1.165) is 23.9 Å². The van der Waals surface area contributed by atoms with E-state index in [1.165, 1.54) is 0 Å². The molecule has 3 heterocycles. The van der Waals surface area contributed by atoms with Crippen LogP contribution < -0.4 is 4.74 Å². The fraction of sp³-hybridized carbons (Fsp3) is 0.350. The summed E-state index contributed by atoms with van der Waals surface area (Å²) in [5.74, 6) is 1.50. The molecule has 0 saturated carbocycles. The van der Waals surface area contributed by atoms with Crippen molar-refractivity contribution in [2.45, 2.75) is 13.0 Å². The molecule has 0 radical (unpaired) electrons. The lowest BCUT2D eigenvalue weighted by Crippen LogP contribution is -2.29. The molecule has 7 heteroatoms. The number of methoxy groups -OCH3 is 1. The predicted octanol–water partition coefficient (Wildman–Crippen LogP) is 2.91. The monoisotopic (exact) mass is 367 g/mol. The molecule has 1 fully saturated rings. The Morgan fingerprint density at radius 2 is 2.26 bits per heavy atom. The number of benzene rings is 1. The van der Waals surface area contributed by atoms with Crippen molar-refractivity contribution in [1.29, 1.82) is 0 Å². The zero-order valence-electron chi connectivity index (χ0n) is 15.1. The van der Waals surface area contributed by atoms with Crippen LogP contribution in [0.3, 0.4) is 0 Å². The molecule has 4 rings (SSSR count). The van der Waals surface area contributed by atoms with Gasteiger partial charge in [-0.05, 0) is 30.7 Å². The summed E-state index contributed by atoms with van der Waals surface area (Å²) in [6.07, 6.45) is 2.71. The Balaban J connectivity index is 1.37. The number of carbonyl (C=O) groups excluding carboxylic acids is 1. The van der Waals surface area contributed by atoms with Gasteiger partial charge in [-0.1, -0.05) is 11.2 Å². The van der Waals surface area contributed by atoms with Crippen LogP contribution in [0, 0.1) is 5.92 Å². The average molecular weight is 367 g/mol. The Morgan fingerprint density at radius 3 is 3.15 bits per heavy atom. The van der Waals surface area contributed by atoms with Crippen molar-refractivity contribution < 1.29 is 18.8 Å². The number of aromatic nitrogens is 2. The molecule has 0 N–H and O–H groups in total. The van der Waals surface area contributed by atoms with E-state index in [9.17, 15) is 4.79 Å². The molecule has 1 atom stereocenters. The second-order valence-corrected chi connectivity index (χ2v) is 6.69. The minimum atomic E-state index is -0.111. The molecular weight excluding hydrogens is 346 g/mol. The minimum Gasteiger partial charge on any atom is -0.486 e. The molecular formula is C20H21N3O4. The molecule has 1 amide bonds. The van der Waals surface area contributed by atoms with Crippen molar-refractivity contribution in [3.63, 3.8) is 0 Å². The van der Waals surface area contributed by atoms with Crippen molar-refractivity contribution in [2.75, 3.05) is 26.8 Å².